The summed E-state index contributed by atoms with van der Waals surface area (Å²) in [6, 6.07) is 7.39. The van der Waals surface area contributed by atoms with E-state index in [1.54, 1.807) is 0 Å². The first-order valence-electron chi connectivity index (χ1n) is 9.37. The molecular weight excluding hydrogens is 401 g/mol. The van der Waals surface area contributed by atoms with E-state index < -0.39 is 0 Å². The molecule has 0 atom stereocenters. The third kappa shape index (κ3) is 4.78. The number of nitrogens with one attached hydrogen (secondary N) is 2. The zero-order valence-electron chi connectivity index (χ0n) is 15.6. The monoisotopic (exact) mass is 425 g/mol. The molecule has 2 aliphatic heterocycles. The van der Waals surface area contributed by atoms with Crippen molar-refractivity contribution in [3.8, 4) is 5.75 Å². The van der Waals surface area contributed by atoms with E-state index in [1.165, 1.54) is 0 Å². The van der Waals surface area contributed by atoms with Crippen molar-refractivity contribution in [3.05, 3.63) is 46.2 Å². The van der Waals surface area contributed by atoms with Crippen molar-refractivity contribution in [1.82, 2.24) is 25.3 Å². The Balaban J connectivity index is 0.00000225. The Morgan fingerprint density at radius 1 is 1.18 bits per heavy atom. The van der Waals surface area contributed by atoms with Gasteiger partial charge in [0.2, 0.25) is 0 Å². The quantitative estimate of drug-likeness (QED) is 0.765. The van der Waals surface area contributed by atoms with Gasteiger partial charge in [-0.3, -0.25) is 14.8 Å². The summed E-state index contributed by atoms with van der Waals surface area (Å²) in [6.45, 7) is 6.24. The molecule has 3 heterocycles. The Morgan fingerprint density at radius 2 is 1.93 bits per heavy atom. The summed E-state index contributed by atoms with van der Waals surface area (Å²) in [5.41, 5.74) is 2.71. The van der Waals surface area contributed by atoms with Gasteiger partial charge >= 0.3 is 0 Å². The fourth-order valence-electron chi connectivity index (χ4n) is 3.55. The van der Waals surface area contributed by atoms with E-state index in [-0.39, 0.29) is 18.3 Å². The van der Waals surface area contributed by atoms with E-state index >= 15 is 0 Å². The van der Waals surface area contributed by atoms with Gasteiger partial charge in [-0.1, -0.05) is 11.6 Å². The van der Waals surface area contributed by atoms with Crippen molar-refractivity contribution >= 4 is 29.9 Å². The summed E-state index contributed by atoms with van der Waals surface area (Å²) in [4.78, 5) is 17.1. The van der Waals surface area contributed by atoms with E-state index in [2.05, 4.69) is 20.4 Å². The van der Waals surface area contributed by atoms with Gasteiger partial charge in [0.15, 0.2) is 5.69 Å². The zero-order valence-corrected chi connectivity index (χ0v) is 17.2. The molecule has 0 saturated carbocycles. The fraction of sp³-hybridized carbons (Fsp3) is 0.474. The molecule has 0 aliphatic carbocycles. The van der Waals surface area contributed by atoms with Gasteiger partial charge in [0, 0.05) is 68.5 Å². The van der Waals surface area contributed by atoms with Crippen LogP contribution in [0, 0.1) is 0 Å². The smallest absolute Gasteiger partial charge is 0.274 e. The minimum absolute atomic E-state index is 0. The Kier molecular flexibility index (Phi) is 7.18. The van der Waals surface area contributed by atoms with E-state index in [9.17, 15) is 4.79 Å². The second-order valence-corrected chi connectivity index (χ2v) is 7.33. The molecule has 152 valence electrons. The minimum atomic E-state index is 0. The predicted octanol–water partition coefficient (Wildman–Crippen LogP) is 1.97. The van der Waals surface area contributed by atoms with Crippen LogP contribution in [-0.2, 0) is 13.0 Å². The van der Waals surface area contributed by atoms with Crippen LogP contribution in [-0.4, -0.2) is 71.8 Å². The van der Waals surface area contributed by atoms with Crippen molar-refractivity contribution in [1.29, 1.82) is 0 Å². The predicted molar refractivity (Wildman–Crippen MR) is 111 cm³/mol. The standard InChI is InChI=1S/C19H24ClN5O2.ClH/c20-14-1-3-15(4-2-14)27-12-11-24-7-9-25(10-8-24)19(26)18-16-13-21-6-5-17(16)22-23-18;/h1-4,21H,5-13H2,(H,22,23);1H. The summed E-state index contributed by atoms with van der Waals surface area (Å²) in [6.07, 6.45) is 0.900. The van der Waals surface area contributed by atoms with E-state index in [1.807, 2.05) is 29.2 Å². The van der Waals surface area contributed by atoms with Crippen LogP contribution in [0.25, 0.3) is 0 Å². The average Bonchev–Trinajstić information content (AvgIpc) is 3.14. The van der Waals surface area contributed by atoms with Gasteiger partial charge in [-0.25, -0.2) is 0 Å². The molecule has 0 radical (unpaired) electrons. The summed E-state index contributed by atoms with van der Waals surface area (Å²) in [7, 11) is 0. The normalized spacial score (nSPS) is 17.0. The summed E-state index contributed by atoms with van der Waals surface area (Å²) < 4.78 is 5.76. The Labute approximate surface area is 175 Å². The number of hydrogen-bond donors (Lipinski definition) is 2. The highest BCUT2D eigenvalue weighted by Crippen LogP contribution is 2.18. The molecule has 4 rings (SSSR count). The SMILES string of the molecule is Cl.O=C(c1n[nH]c2c1CNCC2)N1CCN(CCOc2ccc(Cl)cc2)CC1. The number of nitrogens with zero attached hydrogens (tertiary/aromatic N) is 3. The molecule has 1 saturated heterocycles. The molecule has 1 aromatic carbocycles. The fourth-order valence-corrected chi connectivity index (χ4v) is 3.68. The number of hydrogen-bond acceptors (Lipinski definition) is 5. The van der Waals surface area contributed by atoms with Crippen LogP contribution in [0.4, 0.5) is 0 Å². The molecule has 7 nitrogen and oxygen atoms in total. The maximum absolute atomic E-state index is 12.8. The van der Waals surface area contributed by atoms with Crippen molar-refractivity contribution in [3.63, 3.8) is 0 Å². The molecule has 2 aliphatic rings. The van der Waals surface area contributed by atoms with Crippen molar-refractivity contribution < 1.29 is 9.53 Å². The Bertz CT molecular complexity index is 788. The molecule has 1 amide bonds. The van der Waals surface area contributed by atoms with E-state index in [0.29, 0.717) is 17.3 Å². The lowest BCUT2D eigenvalue weighted by Crippen LogP contribution is -2.49. The first-order chi connectivity index (χ1) is 13.2. The third-order valence-corrected chi connectivity index (χ3v) is 5.41. The Morgan fingerprint density at radius 3 is 2.68 bits per heavy atom. The second kappa shape index (κ2) is 9.60. The highest BCUT2D eigenvalue weighted by molar-refractivity contribution is 6.30. The van der Waals surface area contributed by atoms with Crippen LogP contribution in [0.2, 0.25) is 5.02 Å². The number of carbonyl (C=O) groups is 1. The van der Waals surface area contributed by atoms with Gasteiger partial charge in [0.05, 0.1) is 0 Å². The molecule has 0 spiro atoms. The van der Waals surface area contributed by atoms with Crippen LogP contribution >= 0.6 is 24.0 Å². The van der Waals surface area contributed by atoms with Gasteiger partial charge in [0.25, 0.3) is 5.91 Å². The first-order valence-corrected chi connectivity index (χ1v) is 9.75. The number of benzene rings is 1. The number of fused-ring (bicyclic) bond motifs is 1. The lowest BCUT2D eigenvalue weighted by Gasteiger charge is -2.34. The lowest BCUT2D eigenvalue weighted by atomic mass is 10.1. The summed E-state index contributed by atoms with van der Waals surface area (Å²) >= 11 is 5.88. The molecule has 1 fully saturated rings. The molecule has 9 heteroatoms. The summed E-state index contributed by atoms with van der Waals surface area (Å²) in [5, 5.41) is 11.3. The van der Waals surface area contributed by atoms with Crippen LogP contribution in [0.3, 0.4) is 0 Å². The van der Waals surface area contributed by atoms with Crippen LogP contribution in [0.1, 0.15) is 21.7 Å². The van der Waals surface area contributed by atoms with Crippen molar-refractivity contribution in [2.75, 3.05) is 45.9 Å². The molecule has 2 N–H and O–H groups in total. The molecule has 2 aromatic rings. The second-order valence-electron chi connectivity index (χ2n) is 6.89. The number of carbonyl (C=O) groups excluding carboxylic acids is 1. The minimum Gasteiger partial charge on any atom is -0.492 e. The number of amides is 1. The van der Waals surface area contributed by atoms with Crippen molar-refractivity contribution in [2.24, 2.45) is 0 Å². The van der Waals surface area contributed by atoms with Crippen LogP contribution in [0.15, 0.2) is 24.3 Å². The van der Waals surface area contributed by atoms with Crippen molar-refractivity contribution in [2.45, 2.75) is 13.0 Å². The van der Waals surface area contributed by atoms with Gasteiger partial charge in [0.1, 0.15) is 12.4 Å². The Hall–Kier alpha value is -1.80. The molecule has 1 aromatic heterocycles. The topological polar surface area (TPSA) is 73.5 Å². The molecule has 0 bridgehead atoms. The number of aromatic nitrogens is 2. The lowest BCUT2D eigenvalue weighted by molar-refractivity contribution is 0.0613. The molecule has 0 unspecified atom stereocenters. The molecular formula is C19H25Cl2N5O2. The van der Waals surface area contributed by atoms with Gasteiger partial charge < -0.3 is 15.0 Å². The number of H-pyrrole nitrogens is 1. The van der Waals surface area contributed by atoms with Crippen LogP contribution < -0.4 is 10.1 Å². The third-order valence-electron chi connectivity index (χ3n) is 5.16. The highest BCUT2D eigenvalue weighted by atomic mass is 35.5. The van der Waals surface area contributed by atoms with E-state index in [0.717, 1.165) is 69.2 Å². The number of ether oxygens (including phenoxy) is 1. The first kappa shape index (κ1) is 20.9. The molecule has 28 heavy (non-hydrogen) atoms. The number of halogens is 2. The number of piperazine rings is 1. The van der Waals surface area contributed by atoms with E-state index in [4.69, 9.17) is 16.3 Å². The number of aromatic amines is 1. The zero-order chi connectivity index (χ0) is 18.6. The summed E-state index contributed by atoms with van der Waals surface area (Å²) in [5.74, 6) is 0.860. The van der Waals surface area contributed by atoms with Crippen LogP contribution in [0.5, 0.6) is 5.75 Å². The number of rotatable bonds is 5. The largest absolute Gasteiger partial charge is 0.492 e. The van der Waals surface area contributed by atoms with Gasteiger partial charge in [-0.15, -0.1) is 12.4 Å². The maximum Gasteiger partial charge on any atom is 0.274 e. The van der Waals surface area contributed by atoms with Gasteiger partial charge in [-0.2, -0.15) is 5.10 Å². The highest BCUT2D eigenvalue weighted by Gasteiger charge is 2.27. The average molecular weight is 426 g/mol. The maximum atomic E-state index is 12.8. The van der Waals surface area contributed by atoms with Gasteiger partial charge in [-0.05, 0) is 24.3 Å².